The molecule has 2 rings (SSSR count). The van der Waals surface area contributed by atoms with Crippen molar-refractivity contribution in [2.45, 2.75) is 37.1 Å². The zero-order valence-corrected chi connectivity index (χ0v) is 14.8. The number of carbonyl (C=O) groups is 1. The lowest BCUT2D eigenvalue weighted by Gasteiger charge is -2.24. The fourth-order valence-electron chi connectivity index (χ4n) is 2.17. The van der Waals surface area contributed by atoms with E-state index in [1.165, 1.54) is 12.1 Å². The van der Waals surface area contributed by atoms with E-state index in [1.54, 1.807) is 19.9 Å². The summed E-state index contributed by atoms with van der Waals surface area (Å²) in [5.41, 5.74) is 4.99. The van der Waals surface area contributed by atoms with Crippen LogP contribution in [0.25, 0.3) is 0 Å². The van der Waals surface area contributed by atoms with Crippen LogP contribution in [0.15, 0.2) is 23.1 Å². The predicted octanol–water partition coefficient (Wildman–Crippen LogP) is 0.865. The van der Waals surface area contributed by atoms with Crippen LogP contribution in [0, 0.1) is 0 Å². The first-order valence-electron chi connectivity index (χ1n) is 7.87. The Morgan fingerprint density at radius 2 is 1.92 bits per heavy atom. The Morgan fingerprint density at radius 1 is 1.25 bits per heavy atom. The molecule has 0 atom stereocenters. The van der Waals surface area contributed by atoms with Crippen LogP contribution in [0.5, 0.6) is 11.5 Å². The molecule has 0 spiro atoms. The highest BCUT2D eigenvalue weighted by Gasteiger charge is 2.22. The topological polar surface area (TPSA) is 108 Å². The third-order valence-electron chi connectivity index (χ3n) is 3.66. The van der Waals surface area contributed by atoms with Gasteiger partial charge in [-0.05, 0) is 26.0 Å². The van der Waals surface area contributed by atoms with Gasteiger partial charge < -0.3 is 20.5 Å². The fourth-order valence-corrected chi connectivity index (χ4v) is 3.42. The molecule has 134 valence electrons. The lowest BCUT2D eigenvalue weighted by molar-refractivity contribution is -0.122. The van der Waals surface area contributed by atoms with Crippen LogP contribution in [0.1, 0.15) is 26.7 Å². The molecule has 1 aromatic carbocycles. The molecule has 0 unspecified atom stereocenters. The van der Waals surface area contributed by atoms with E-state index in [0.717, 1.165) is 6.42 Å². The molecule has 0 saturated carbocycles. The van der Waals surface area contributed by atoms with Gasteiger partial charge in [-0.3, -0.25) is 4.79 Å². The van der Waals surface area contributed by atoms with Crippen LogP contribution < -0.4 is 20.5 Å². The second-order valence-corrected chi connectivity index (χ2v) is 8.47. The van der Waals surface area contributed by atoms with Gasteiger partial charge in [0.15, 0.2) is 21.3 Å². The summed E-state index contributed by atoms with van der Waals surface area (Å²) in [6.45, 7) is 4.85. The zero-order chi connectivity index (χ0) is 17.8. The number of sulfone groups is 1. The number of amides is 1. The van der Waals surface area contributed by atoms with Crippen molar-refractivity contribution in [2.75, 3.05) is 25.5 Å². The van der Waals surface area contributed by atoms with Crippen LogP contribution >= 0.6 is 0 Å². The molecule has 24 heavy (non-hydrogen) atoms. The minimum absolute atomic E-state index is 0.123. The minimum atomic E-state index is -3.59. The number of hydrogen-bond acceptors (Lipinski definition) is 6. The van der Waals surface area contributed by atoms with Crippen LogP contribution in [0.2, 0.25) is 0 Å². The lowest BCUT2D eigenvalue weighted by atomic mass is 10.1. The molecule has 0 aromatic heterocycles. The van der Waals surface area contributed by atoms with Crippen molar-refractivity contribution >= 4 is 15.7 Å². The SMILES string of the molecule is CC(C)(CN)NC(=O)CCS(=O)(=O)c1ccc2c(c1)OCCCO2. The van der Waals surface area contributed by atoms with Crippen molar-refractivity contribution in [3.63, 3.8) is 0 Å². The van der Waals surface area contributed by atoms with Gasteiger partial charge in [0.05, 0.1) is 23.9 Å². The Hall–Kier alpha value is -1.80. The maximum Gasteiger partial charge on any atom is 0.221 e. The number of benzene rings is 1. The highest BCUT2D eigenvalue weighted by Crippen LogP contribution is 2.32. The summed E-state index contributed by atoms with van der Waals surface area (Å²) < 4.78 is 35.9. The molecule has 0 radical (unpaired) electrons. The summed E-state index contributed by atoms with van der Waals surface area (Å²) in [5, 5.41) is 2.72. The smallest absolute Gasteiger partial charge is 0.221 e. The monoisotopic (exact) mass is 356 g/mol. The normalized spacial score (nSPS) is 14.8. The second-order valence-electron chi connectivity index (χ2n) is 6.36. The number of rotatable bonds is 6. The molecule has 8 heteroatoms. The number of nitrogens with two attached hydrogens (primary N) is 1. The molecule has 0 fully saturated rings. The standard InChI is InChI=1S/C16H24N2O5S/c1-16(2,11-17)18-15(19)6-9-24(20,21)12-4-5-13-14(10-12)23-8-3-7-22-13/h4-5,10H,3,6-9,11,17H2,1-2H3,(H,18,19). The lowest BCUT2D eigenvalue weighted by Crippen LogP contribution is -2.49. The van der Waals surface area contributed by atoms with Crippen LogP contribution in [-0.4, -0.2) is 45.4 Å². The van der Waals surface area contributed by atoms with Crippen molar-refractivity contribution in [1.29, 1.82) is 0 Å². The predicted molar refractivity (Wildman–Crippen MR) is 90.0 cm³/mol. The molecular weight excluding hydrogens is 332 g/mol. The largest absolute Gasteiger partial charge is 0.490 e. The van der Waals surface area contributed by atoms with Crippen molar-refractivity contribution in [3.05, 3.63) is 18.2 Å². The van der Waals surface area contributed by atoms with Gasteiger partial charge in [-0.2, -0.15) is 0 Å². The Morgan fingerprint density at radius 3 is 2.58 bits per heavy atom. The maximum atomic E-state index is 12.4. The summed E-state index contributed by atoms with van der Waals surface area (Å²) in [6, 6.07) is 4.52. The number of fused-ring (bicyclic) bond motifs is 1. The van der Waals surface area contributed by atoms with Crippen molar-refractivity contribution in [2.24, 2.45) is 5.73 Å². The maximum absolute atomic E-state index is 12.4. The van der Waals surface area contributed by atoms with Gasteiger partial charge in [0, 0.05) is 31.0 Å². The molecule has 1 amide bonds. The van der Waals surface area contributed by atoms with Crippen LogP contribution in [-0.2, 0) is 14.6 Å². The van der Waals surface area contributed by atoms with E-state index in [1.807, 2.05) is 0 Å². The van der Waals surface area contributed by atoms with Crippen LogP contribution in [0.3, 0.4) is 0 Å². The van der Waals surface area contributed by atoms with Crippen molar-refractivity contribution in [1.82, 2.24) is 5.32 Å². The van der Waals surface area contributed by atoms with Gasteiger partial charge in [0.25, 0.3) is 0 Å². The van der Waals surface area contributed by atoms with E-state index in [2.05, 4.69) is 5.32 Å². The Balaban J connectivity index is 2.05. The number of carbonyl (C=O) groups excluding carboxylic acids is 1. The molecule has 1 aliphatic heterocycles. The number of ether oxygens (including phenoxy) is 2. The Bertz CT molecular complexity index is 700. The van der Waals surface area contributed by atoms with E-state index in [0.29, 0.717) is 24.7 Å². The van der Waals surface area contributed by atoms with Gasteiger partial charge >= 0.3 is 0 Å². The van der Waals surface area contributed by atoms with Crippen LogP contribution in [0.4, 0.5) is 0 Å². The van der Waals surface area contributed by atoms with Gasteiger partial charge in [-0.15, -0.1) is 0 Å². The quantitative estimate of drug-likeness (QED) is 0.783. The highest BCUT2D eigenvalue weighted by atomic mass is 32.2. The molecular formula is C16H24N2O5S. The first kappa shape index (κ1) is 18.5. The van der Waals surface area contributed by atoms with E-state index >= 15 is 0 Å². The first-order valence-corrected chi connectivity index (χ1v) is 9.52. The Kier molecular flexibility index (Phi) is 5.71. The molecule has 1 aromatic rings. The minimum Gasteiger partial charge on any atom is -0.490 e. The highest BCUT2D eigenvalue weighted by molar-refractivity contribution is 7.91. The van der Waals surface area contributed by atoms with E-state index in [4.69, 9.17) is 15.2 Å². The molecule has 3 N–H and O–H groups in total. The first-order chi connectivity index (χ1) is 11.2. The third-order valence-corrected chi connectivity index (χ3v) is 5.38. The summed E-state index contributed by atoms with van der Waals surface area (Å²) in [7, 11) is -3.59. The molecule has 1 aliphatic rings. The summed E-state index contributed by atoms with van der Waals surface area (Å²) in [6.07, 6.45) is 0.619. The Labute approximate surface area is 142 Å². The average molecular weight is 356 g/mol. The van der Waals surface area contributed by atoms with Gasteiger partial charge in [0.2, 0.25) is 5.91 Å². The van der Waals surface area contributed by atoms with Crippen molar-refractivity contribution < 1.29 is 22.7 Å². The summed E-state index contributed by atoms with van der Waals surface area (Å²) >= 11 is 0. The third kappa shape index (κ3) is 4.85. The van der Waals surface area contributed by atoms with Crippen molar-refractivity contribution in [3.8, 4) is 11.5 Å². The van der Waals surface area contributed by atoms with Gasteiger partial charge in [-0.25, -0.2) is 8.42 Å². The molecule has 7 nitrogen and oxygen atoms in total. The zero-order valence-electron chi connectivity index (χ0n) is 14.0. The average Bonchev–Trinajstić information content (AvgIpc) is 2.77. The molecule has 0 bridgehead atoms. The summed E-state index contributed by atoms with van der Waals surface area (Å²) in [5.74, 6) is 0.332. The fraction of sp³-hybridized carbons (Fsp3) is 0.562. The summed E-state index contributed by atoms with van der Waals surface area (Å²) in [4.78, 5) is 12.0. The van der Waals surface area contributed by atoms with Gasteiger partial charge in [-0.1, -0.05) is 0 Å². The molecule has 0 aliphatic carbocycles. The molecule has 1 heterocycles. The van der Waals surface area contributed by atoms with E-state index in [-0.39, 0.29) is 29.5 Å². The van der Waals surface area contributed by atoms with E-state index in [9.17, 15) is 13.2 Å². The molecule has 0 saturated heterocycles. The number of hydrogen-bond donors (Lipinski definition) is 2. The second kappa shape index (κ2) is 7.40. The van der Waals surface area contributed by atoms with Gasteiger partial charge in [0.1, 0.15) is 0 Å². The van der Waals surface area contributed by atoms with E-state index < -0.39 is 15.4 Å². The number of nitrogens with one attached hydrogen (secondary N) is 1.